The van der Waals surface area contributed by atoms with E-state index in [1.54, 1.807) is 0 Å². The first kappa shape index (κ1) is 20.5. The molecule has 0 saturated heterocycles. The van der Waals surface area contributed by atoms with E-state index in [1.807, 2.05) is 24.3 Å². The number of hydrogen-bond acceptors (Lipinski definition) is 3. The first-order valence-corrected chi connectivity index (χ1v) is 10.6. The fourth-order valence-corrected chi connectivity index (χ4v) is 4.03. The van der Waals surface area contributed by atoms with Gasteiger partial charge in [0.05, 0.1) is 0 Å². The number of rotatable bonds is 9. The lowest BCUT2D eigenvalue weighted by atomic mass is 9.81. The molecular formula is C25H34N2O. The first-order chi connectivity index (χ1) is 13.6. The van der Waals surface area contributed by atoms with Crippen LogP contribution in [0.5, 0.6) is 5.75 Å². The number of nitrogens with one attached hydrogen (secondary N) is 1. The molecule has 0 aromatic heterocycles. The van der Waals surface area contributed by atoms with E-state index < -0.39 is 0 Å². The molecule has 2 aromatic rings. The smallest absolute Gasteiger partial charge is 0.119 e. The molecular weight excluding hydrogens is 344 g/mol. The number of benzene rings is 2. The molecule has 3 N–H and O–H groups in total. The van der Waals surface area contributed by atoms with E-state index in [9.17, 15) is 0 Å². The highest BCUT2D eigenvalue weighted by Gasteiger charge is 2.19. The zero-order valence-electron chi connectivity index (χ0n) is 17.1. The second-order valence-electron chi connectivity index (χ2n) is 8.08. The minimum atomic E-state index is 0.567. The third kappa shape index (κ3) is 6.13. The van der Waals surface area contributed by atoms with E-state index in [0.717, 1.165) is 36.2 Å². The predicted octanol–water partition coefficient (Wildman–Crippen LogP) is 5.50. The van der Waals surface area contributed by atoms with Gasteiger partial charge in [-0.2, -0.15) is 0 Å². The molecule has 0 amide bonds. The van der Waals surface area contributed by atoms with Crippen molar-refractivity contribution in [2.75, 3.05) is 6.54 Å². The Bertz CT molecular complexity index is 745. The molecule has 0 atom stereocenters. The van der Waals surface area contributed by atoms with Gasteiger partial charge < -0.3 is 15.8 Å². The first-order valence-electron chi connectivity index (χ1n) is 10.6. The van der Waals surface area contributed by atoms with Crippen LogP contribution in [0.1, 0.15) is 55.7 Å². The van der Waals surface area contributed by atoms with E-state index in [-0.39, 0.29) is 0 Å². The van der Waals surface area contributed by atoms with Gasteiger partial charge in [0.15, 0.2) is 0 Å². The summed E-state index contributed by atoms with van der Waals surface area (Å²) >= 11 is 0. The Kier molecular flexibility index (Phi) is 7.55. The Morgan fingerprint density at radius 1 is 1.04 bits per heavy atom. The van der Waals surface area contributed by atoms with Crippen LogP contribution in [0.3, 0.4) is 0 Å². The fraction of sp³-hybridized carbons (Fsp3) is 0.440. The van der Waals surface area contributed by atoms with Crippen molar-refractivity contribution >= 4 is 5.70 Å². The summed E-state index contributed by atoms with van der Waals surface area (Å²) in [5.74, 6) is 2.66. The monoisotopic (exact) mass is 378 g/mol. The largest absolute Gasteiger partial charge is 0.489 e. The highest BCUT2D eigenvalue weighted by molar-refractivity contribution is 5.60. The maximum Gasteiger partial charge on any atom is 0.119 e. The van der Waals surface area contributed by atoms with Crippen molar-refractivity contribution in [1.29, 1.82) is 0 Å². The third-order valence-corrected chi connectivity index (χ3v) is 5.93. The minimum absolute atomic E-state index is 0.567. The standard InChI is InChI=1S/C25H34N2O/c1-3-20-7-9-21(10-8-20)16-27-17-22-5-4-6-23(15-22)18-28-25-13-11-24(12-14-25)19(2)26/h4-6,11-15,20-21,27H,2-3,7-10,16-18,26H2,1H3. The zero-order chi connectivity index (χ0) is 19.8. The van der Waals surface area contributed by atoms with Crippen LogP contribution in [0.25, 0.3) is 5.70 Å². The van der Waals surface area contributed by atoms with Gasteiger partial charge in [0.1, 0.15) is 12.4 Å². The lowest BCUT2D eigenvalue weighted by molar-refractivity contribution is 0.262. The average Bonchev–Trinajstić information content (AvgIpc) is 2.73. The maximum atomic E-state index is 5.91. The van der Waals surface area contributed by atoms with Crippen LogP contribution in [0.2, 0.25) is 0 Å². The van der Waals surface area contributed by atoms with E-state index >= 15 is 0 Å². The molecule has 150 valence electrons. The summed E-state index contributed by atoms with van der Waals surface area (Å²) < 4.78 is 5.91. The summed E-state index contributed by atoms with van der Waals surface area (Å²) in [6, 6.07) is 16.4. The minimum Gasteiger partial charge on any atom is -0.489 e. The van der Waals surface area contributed by atoms with Gasteiger partial charge in [-0.05, 0) is 72.2 Å². The third-order valence-electron chi connectivity index (χ3n) is 5.93. The Balaban J connectivity index is 1.43. The van der Waals surface area contributed by atoms with Crippen molar-refractivity contribution < 1.29 is 4.74 Å². The average molecular weight is 379 g/mol. The second-order valence-corrected chi connectivity index (χ2v) is 8.08. The van der Waals surface area contributed by atoms with Gasteiger partial charge in [0, 0.05) is 12.2 Å². The molecule has 3 rings (SSSR count). The molecule has 1 aliphatic rings. The molecule has 1 aliphatic carbocycles. The summed E-state index contributed by atoms with van der Waals surface area (Å²) in [5.41, 5.74) is 9.72. The summed E-state index contributed by atoms with van der Waals surface area (Å²) in [6.45, 7) is 8.70. The van der Waals surface area contributed by atoms with E-state index in [4.69, 9.17) is 10.5 Å². The van der Waals surface area contributed by atoms with Crippen LogP contribution < -0.4 is 15.8 Å². The Labute approximate surface area is 170 Å². The summed E-state index contributed by atoms with van der Waals surface area (Å²) in [5, 5.41) is 3.66. The number of ether oxygens (including phenoxy) is 1. The molecule has 3 heteroatoms. The van der Waals surface area contributed by atoms with Gasteiger partial charge in [-0.3, -0.25) is 0 Å². The molecule has 0 aliphatic heterocycles. The van der Waals surface area contributed by atoms with Crippen molar-refractivity contribution in [2.45, 2.75) is 52.2 Å². The van der Waals surface area contributed by atoms with Crippen LogP contribution >= 0.6 is 0 Å². The van der Waals surface area contributed by atoms with E-state index in [1.165, 1.54) is 43.2 Å². The van der Waals surface area contributed by atoms with Crippen molar-refractivity contribution in [3.63, 3.8) is 0 Å². The topological polar surface area (TPSA) is 47.3 Å². The Morgan fingerprint density at radius 3 is 2.39 bits per heavy atom. The van der Waals surface area contributed by atoms with Crippen LogP contribution in [-0.4, -0.2) is 6.54 Å². The molecule has 1 saturated carbocycles. The Hall–Kier alpha value is -2.26. The Morgan fingerprint density at radius 2 is 1.71 bits per heavy atom. The molecule has 2 aromatic carbocycles. The molecule has 0 radical (unpaired) electrons. The summed E-state index contributed by atoms with van der Waals surface area (Å²) in [4.78, 5) is 0. The van der Waals surface area contributed by atoms with Gasteiger partial charge >= 0.3 is 0 Å². The molecule has 0 spiro atoms. The van der Waals surface area contributed by atoms with Gasteiger partial charge in [-0.15, -0.1) is 0 Å². The molecule has 0 unspecified atom stereocenters. The molecule has 28 heavy (non-hydrogen) atoms. The fourth-order valence-electron chi connectivity index (χ4n) is 4.03. The highest BCUT2D eigenvalue weighted by Crippen LogP contribution is 2.30. The van der Waals surface area contributed by atoms with Crippen LogP contribution in [-0.2, 0) is 13.2 Å². The molecule has 3 nitrogen and oxygen atoms in total. The lowest BCUT2D eigenvalue weighted by Gasteiger charge is -2.28. The highest BCUT2D eigenvalue weighted by atomic mass is 16.5. The van der Waals surface area contributed by atoms with Crippen molar-refractivity contribution in [3.8, 4) is 5.75 Å². The van der Waals surface area contributed by atoms with Crippen molar-refractivity contribution in [3.05, 3.63) is 71.8 Å². The van der Waals surface area contributed by atoms with Crippen LogP contribution in [0, 0.1) is 11.8 Å². The molecule has 0 bridgehead atoms. The van der Waals surface area contributed by atoms with Crippen molar-refractivity contribution in [2.24, 2.45) is 17.6 Å². The van der Waals surface area contributed by atoms with E-state index in [2.05, 4.69) is 43.1 Å². The normalized spacial score (nSPS) is 19.3. The number of hydrogen-bond donors (Lipinski definition) is 2. The molecule has 0 heterocycles. The van der Waals surface area contributed by atoms with E-state index in [0.29, 0.717) is 12.3 Å². The predicted molar refractivity (Wildman–Crippen MR) is 118 cm³/mol. The van der Waals surface area contributed by atoms with Gasteiger partial charge in [0.25, 0.3) is 0 Å². The SMILES string of the molecule is C=C(N)c1ccc(OCc2cccc(CNCC3CCC(CC)CC3)c2)cc1. The van der Waals surface area contributed by atoms with Crippen LogP contribution in [0.15, 0.2) is 55.1 Å². The quantitative estimate of drug-likeness (QED) is 0.605. The zero-order valence-corrected chi connectivity index (χ0v) is 17.1. The number of nitrogens with two attached hydrogens (primary N) is 1. The summed E-state index contributed by atoms with van der Waals surface area (Å²) in [7, 11) is 0. The van der Waals surface area contributed by atoms with Crippen molar-refractivity contribution in [1.82, 2.24) is 5.32 Å². The van der Waals surface area contributed by atoms with Gasteiger partial charge in [-0.25, -0.2) is 0 Å². The molecule has 1 fully saturated rings. The van der Waals surface area contributed by atoms with Gasteiger partial charge in [0.2, 0.25) is 0 Å². The van der Waals surface area contributed by atoms with Crippen LogP contribution in [0.4, 0.5) is 0 Å². The van der Waals surface area contributed by atoms with Gasteiger partial charge in [-0.1, -0.05) is 57.0 Å². The lowest BCUT2D eigenvalue weighted by Crippen LogP contribution is -2.26. The summed E-state index contributed by atoms with van der Waals surface area (Å²) in [6.07, 6.45) is 6.94. The second kappa shape index (κ2) is 10.3. The maximum absolute atomic E-state index is 5.91.